The van der Waals surface area contributed by atoms with Crippen LogP contribution in [-0.2, 0) is 11.2 Å². The number of hydrogen-bond acceptors (Lipinski definition) is 3. The molecule has 1 amide bonds. The molecule has 0 saturated heterocycles. The lowest BCUT2D eigenvalue weighted by molar-refractivity contribution is -0.125. The summed E-state index contributed by atoms with van der Waals surface area (Å²) in [6, 6.07) is 7.63. The third kappa shape index (κ3) is 4.23. The number of amides is 1. The largest absolute Gasteiger partial charge is 0.484 e. The van der Waals surface area contributed by atoms with Crippen LogP contribution in [0.5, 0.6) is 5.75 Å². The first-order valence-corrected chi connectivity index (χ1v) is 7.38. The van der Waals surface area contributed by atoms with E-state index in [1.165, 1.54) is 5.56 Å². The number of carbonyl (C=O) groups is 1. The summed E-state index contributed by atoms with van der Waals surface area (Å²) in [4.78, 5) is 11.8. The molecule has 1 aliphatic rings. The Labute approximate surface area is 120 Å². The summed E-state index contributed by atoms with van der Waals surface area (Å²) >= 11 is 0. The summed E-state index contributed by atoms with van der Waals surface area (Å²) in [5.41, 5.74) is 1.19. The SMILES string of the molecule is CCc1cccc(OCC(=O)N[C@@H]2CCCC[C@H]2O)c1. The van der Waals surface area contributed by atoms with Gasteiger partial charge in [0.05, 0.1) is 12.1 Å². The third-order valence-corrected chi connectivity index (χ3v) is 3.75. The quantitative estimate of drug-likeness (QED) is 0.866. The molecule has 0 aromatic heterocycles. The average molecular weight is 277 g/mol. The first-order valence-electron chi connectivity index (χ1n) is 7.38. The maximum absolute atomic E-state index is 11.8. The van der Waals surface area contributed by atoms with E-state index in [2.05, 4.69) is 12.2 Å². The van der Waals surface area contributed by atoms with Gasteiger partial charge in [0, 0.05) is 0 Å². The molecule has 1 saturated carbocycles. The van der Waals surface area contributed by atoms with Gasteiger partial charge in [-0.2, -0.15) is 0 Å². The van der Waals surface area contributed by atoms with Gasteiger partial charge in [-0.25, -0.2) is 0 Å². The summed E-state index contributed by atoms with van der Waals surface area (Å²) in [6.45, 7) is 2.08. The molecule has 2 atom stereocenters. The van der Waals surface area contributed by atoms with Crippen molar-refractivity contribution >= 4 is 5.91 Å². The second-order valence-electron chi connectivity index (χ2n) is 5.32. The fraction of sp³-hybridized carbons (Fsp3) is 0.562. The second kappa shape index (κ2) is 7.29. The van der Waals surface area contributed by atoms with Crippen molar-refractivity contribution in [2.45, 2.75) is 51.2 Å². The molecule has 0 aliphatic heterocycles. The van der Waals surface area contributed by atoms with Gasteiger partial charge < -0.3 is 15.2 Å². The number of ether oxygens (including phenoxy) is 1. The van der Waals surface area contributed by atoms with Crippen molar-refractivity contribution in [2.24, 2.45) is 0 Å². The monoisotopic (exact) mass is 277 g/mol. The van der Waals surface area contributed by atoms with Crippen LogP contribution in [0, 0.1) is 0 Å². The number of carbonyl (C=O) groups excluding carboxylic acids is 1. The summed E-state index contributed by atoms with van der Waals surface area (Å²) in [5.74, 6) is 0.543. The Morgan fingerprint density at radius 3 is 2.95 bits per heavy atom. The number of rotatable bonds is 5. The van der Waals surface area contributed by atoms with Gasteiger partial charge in [-0.05, 0) is 37.0 Å². The zero-order valence-corrected chi connectivity index (χ0v) is 12.0. The van der Waals surface area contributed by atoms with Crippen LogP contribution in [0.15, 0.2) is 24.3 Å². The highest BCUT2D eigenvalue weighted by atomic mass is 16.5. The van der Waals surface area contributed by atoms with E-state index in [1.54, 1.807) is 0 Å². The summed E-state index contributed by atoms with van der Waals surface area (Å²) in [5, 5.41) is 12.7. The van der Waals surface area contributed by atoms with Gasteiger partial charge in [-0.3, -0.25) is 4.79 Å². The molecule has 4 heteroatoms. The molecule has 0 bridgehead atoms. The van der Waals surface area contributed by atoms with Crippen LogP contribution >= 0.6 is 0 Å². The highest BCUT2D eigenvalue weighted by Crippen LogP contribution is 2.18. The first-order chi connectivity index (χ1) is 9.69. The predicted molar refractivity (Wildman–Crippen MR) is 77.7 cm³/mol. The molecule has 0 heterocycles. The predicted octanol–water partition coefficient (Wildman–Crippen LogP) is 2.05. The van der Waals surface area contributed by atoms with Crippen molar-refractivity contribution < 1.29 is 14.6 Å². The molecule has 1 aromatic rings. The van der Waals surface area contributed by atoms with E-state index in [0.717, 1.165) is 32.1 Å². The van der Waals surface area contributed by atoms with Crippen molar-refractivity contribution in [3.8, 4) is 5.75 Å². The van der Waals surface area contributed by atoms with Crippen molar-refractivity contribution in [3.63, 3.8) is 0 Å². The van der Waals surface area contributed by atoms with Gasteiger partial charge in [-0.1, -0.05) is 31.9 Å². The van der Waals surface area contributed by atoms with E-state index in [0.29, 0.717) is 5.75 Å². The van der Waals surface area contributed by atoms with E-state index >= 15 is 0 Å². The molecular formula is C16H23NO3. The minimum Gasteiger partial charge on any atom is -0.484 e. The van der Waals surface area contributed by atoms with Crippen molar-refractivity contribution in [3.05, 3.63) is 29.8 Å². The van der Waals surface area contributed by atoms with Crippen LogP contribution in [-0.4, -0.2) is 29.8 Å². The zero-order chi connectivity index (χ0) is 14.4. The fourth-order valence-electron chi connectivity index (χ4n) is 2.53. The lowest BCUT2D eigenvalue weighted by atomic mass is 9.92. The molecule has 4 nitrogen and oxygen atoms in total. The number of hydrogen-bond donors (Lipinski definition) is 2. The van der Waals surface area contributed by atoms with Crippen LogP contribution in [0.4, 0.5) is 0 Å². The average Bonchev–Trinajstić information content (AvgIpc) is 2.48. The Morgan fingerprint density at radius 2 is 2.20 bits per heavy atom. The topological polar surface area (TPSA) is 58.6 Å². The van der Waals surface area contributed by atoms with Crippen LogP contribution in [0.3, 0.4) is 0 Å². The van der Waals surface area contributed by atoms with Crippen molar-refractivity contribution in [2.75, 3.05) is 6.61 Å². The molecule has 0 spiro atoms. The molecule has 1 fully saturated rings. The molecule has 1 aromatic carbocycles. The van der Waals surface area contributed by atoms with Crippen LogP contribution < -0.4 is 10.1 Å². The van der Waals surface area contributed by atoms with Crippen molar-refractivity contribution in [1.29, 1.82) is 0 Å². The van der Waals surface area contributed by atoms with E-state index in [4.69, 9.17) is 4.74 Å². The molecule has 0 radical (unpaired) electrons. The summed E-state index contributed by atoms with van der Waals surface area (Å²) in [7, 11) is 0. The van der Waals surface area contributed by atoms with E-state index in [9.17, 15) is 9.90 Å². The lowest BCUT2D eigenvalue weighted by Crippen LogP contribution is -2.46. The fourth-order valence-corrected chi connectivity index (χ4v) is 2.53. The highest BCUT2D eigenvalue weighted by Gasteiger charge is 2.24. The van der Waals surface area contributed by atoms with Crippen LogP contribution in [0.1, 0.15) is 38.2 Å². The molecule has 20 heavy (non-hydrogen) atoms. The van der Waals surface area contributed by atoms with Gasteiger partial charge in [0.25, 0.3) is 5.91 Å². The highest BCUT2D eigenvalue weighted by molar-refractivity contribution is 5.77. The van der Waals surface area contributed by atoms with Crippen molar-refractivity contribution in [1.82, 2.24) is 5.32 Å². The normalized spacial score (nSPS) is 22.3. The number of aryl methyl sites for hydroxylation is 1. The molecule has 0 unspecified atom stereocenters. The maximum Gasteiger partial charge on any atom is 0.258 e. The van der Waals surface area contributed by atoms with E-state index < -0.39 is 6.10 Å². The minimum atomic E-state index is -0.420. The number of nitrogens with one attached hydrogen (secondary N) is 1. The Kier molecular flexibility index (Phi) is 5.41. The first kappa shape index (κ1) is 14.9. The van der Waals surface area contributed by atoms with E-state index in [1.807, 2.05) is 24.3 Å². The lowest BCUT2D eigenvalue weighted by Gasteiger charge is -2.28. The standard InChI is InChI=1S/C16H23NO3/c1-2-12-6-5-7-13(10-12)20-11-16(19)17-14-8-3-4-9-15(14)18/h5-7,10,14-15,18H,2-4,8-9,11H2,1H3,(H,17,19)/t14-,15-/m1/s1. The number of benzene rings is 1. The van der Waals surface area contributed by atoms with Gasteiger partial charge in [-0.15, -0.1) is 0 Å². The Hall–Kier alpha value is -1.55. The summed E-state index contributed by atoms with van der Waals surface area (Å²) in [6.07, 6.45) is 4.23. The molecule has 1 aliphatic carbocycles. The van der Waals surface area contributed by atoms with E-state index in [-0.39, 0.29) is 18.6 Å². The molecule has 110 valence electrons. The Morgan fingerprint density at radius 1 is 1.40 bits per heavy atom. The van der Waals surface area contributed by atoms with Gasteiger partial charge in [0.1, 0.15) is 5.75 Å². The zero-order valence-electron chi connectivity index (χ0n) is 12.0. The molecule has 2 N–H and O–H groups in total. The number of aliphatic hydroxyl groups excluding tert-OH is 1. The summed E-state index contributed by atoms with van der Waals surface area (Å²) < 4.78 is 5.49. The van der Waals surface area contributed by atoms with Crippen LogP contribution in [0.25, 0.3) is 0 Å². The third-order valence-electron chi connectivity index (χ3n) is 3.75. The minimum absolute atomic E-state index is 0.00358. The Bertz CT molecular complexity index is 447. The van der Waals surface area contributed by atoms with Gasteiger partial charge in [0.2, 0.25) is 0 Å². The van der Waals surface area contributed by atoms with Crippen LogP contribution in [0.2, 0.25) is 0 Å². The molecule has 2 rings (SSSR count). The van der Waals surface area contributed by atoms with Gasteiger partial charge >= 0.3 is 0 Å². The molecular weight excluding hydrogens is 254 g/mol. The smallest absolute Gasteiger partial charge is 0.258 e. The van der Waals surface area contributed by atoms with Gasteiger partial charge in [0.15, 0.2) is 6.61 Å². The second-order valence-corrected chi connectivity index (χ2v) is 5.32. The Balaban J connectivity index is 1.79. The maximum atomic E-state index is 11.8. The number of aliphatic hydroxyl groups is 1.